The molecule has 3 heterocycles. The predicted octanol–water partition coefficient (Wildman–Crippen LogP) is 1.72. The normalized spacial score (nSPS) is 12.1. The van der Waals surface area contributed by atoms with E-state index in [-0.39, 0.29) is 22.7 Å². The van der Waals surface area contributed by atoms with Gasteiger partial charge in [0.1, 0.15) is 17.0 Å². The molecule has 12 heteroatoms. The number of carbonyl (C=O) groups is 1. The first-order chi connectivity index (χ1) is 17.3. The Morgan fingerprint density at radius 2 is 1.78 bits per heavy atom. The number of nitrogens with two attached hydrogens (primary N) is 1. The number of aryl methyl sites for hydroxylation is 2. The molecule has 0 spiro atoms. The van der Waals surface area contributed by atoms with Crippen LogP contribution in [0.2, 0.25) is 0 Å². The highest BCUT2D eigenvalue weighted by molar-refractivity contribution is 5.81. The zero-order valence-corrected chi connectivity index (χ0v) is 20.6. The molecular weight excluding hydrogens is 466 g/mol. The Labute approximate surface area is 206 Å². The smallest absolute Gasteiger partial charge is 0.332 e. The Hall–Kier alpha value is -4.35. The maximum Gasteiger partial charge on any atom is 0.332 e. The van der Waals surface area contributed by atoms with Crippen LogP contribution in [0.15, 0.2) is 39.9 Å². The summed E-state index contributed by atoms with van der Waals surface area (Å²) in [5.41, 5.74) is 6.35. The molecule has 1 atom stereocenters. The Kier molecular flexibility index (Phi) is 6.95. The minimum Gasteiger partial charge on any atom is -0.497 e. The maximum atomic E-state index is 13.0. The van der Waals surface area contributed by atoms with Crippen LogP contribution < -0.4 is 26.5 Å². The molecular formula is C24H29N7O5. The van der Waals surface area contributed by atoms with E-state index in [0.717, 1.165) is 0 Å². The van der Waals surface area contributed by atoms with Crippen LogP contribution >= 0.6 is 0 Å². The van der Waals surface area contributed by atoms with Crippen LogP contribution in [0.5, 0.6) is 11.6 Å². The van der Waals surface area contributed by atoms with Crippen LogP contribution in [0.3, 0.4) is 0 Å². The lowest BCUT2D eigenvalue weighted by Gasteiger charge is -2.14. The average molecular weight is 496 g/mol. The van der Waals surface area contributed by atoms with Gasteiger partial charge in [-0.3, -0.25) is 23.4 Å². The number of imidazole rings is 1. The second-order valence-corrected chi connectivity index (χ2v) is 8.34. The number of ether oxygens (including phenoxy) is 2. The molecule has 3 N–H and O–H groups in total. The summed E-state index contributed by atoms with van der Waals surface area (Å²) in [6, 6.07) is 8.36. The summed E-state index contributed by atoms with van der Waals surface area (Å²) >= 11 is 0. The fourth-order valence-corrected chi connectivity index (χ4v) is 4.04. The van der Waals surface area contributed by atoms with Gasteiger partial charge in [0, 0.05) is 31.8 Å². The van der Waals surface area contributed by atoms with Crippen molar-refractivity contribution in [2.24, 2.45) is 12.8 Å². The van der Waals surface area contributed by atoms with Gasteiger partial charge in [0.2, 0.25) is 12.0 Å². The molecule has 190 valence electrons. The monoisotopic (exact) mass is 495 g/mol. The van der Waals surface area contributed by atoms with Gasteiger partial charge in [-0.25, -0.2) is 9.78 Å². The molecule has 1 aromatic carbocycles. The molecule has 12 nitrogen and oxygen atoms in total. The molecule has 0 bridgehead atoms. The maximum absolute atomic E-state index is 13.0. The SMILES string of the molecule is CCCn1c(=O)c2[nH]c(-c3cc(OC(C(N)=O)c4ccc(OC)cc4)nn3C)nc2n(CCC)c1=O. The number of methoxy groups -OCH3 is 1. The lowest BCUT2D eigenvalue weighted by atomic mass is 10.1. The van der Waals surface area contributed by atoms with Gasteiger partial charge in [-0.05, 0) is 25.0 Å². The summed E-state index contributed by atoms with van der Waals surface area (Å²) in [5, 5.41) is 4.33. The van der Waals surface area contributed by atoms with Gasteiger partial charge in [0.25, 0.3) is 11.5 Å². The van der Waals surface area contributed by atoms with Gasteiger partial charge in [0.15, 0.2) is 11.5 Å². The first-order valence-electron chi connectivity index (χ1n) is 11.7. The van der Waals surface area contributed by atoms with Crippen molar-refractivity contribution < 1.29 is 14.3 Å². The predicted molar refractivity (Wildman–Crippen MR) is 133 cm³/mol. The fraction of sp³-hybridized carbons (Fsp3) is 0.375. The Bertz CT molecular complexity index is 1510. The molecule has 0 aliphatic heterocycles. The van der Waals surface area contributed by atoms with Crippen molar-refractivity contribution in [1.29, 1.82) is 0 Å². The highest BCUT2D eigenvalue weighted by atomic mass is 16.5. The van der Waals surface area contributed by atoms with E-state index >= 15 is 0 Å². The molecule has 0 radical (unpaired) electrons. The summed E-state index contributed by atoms with van der Waals surface area (Å²) < 4.78 is 15.2. The molecule has 1 amide bonds. The zero-order chi connectivity index (χ0) is 26.0. The molecule has 36 heavy (non-hydrogen) atoms. The second-order valence-electron chi connectivity index (χ2n) is 8.34. The number of fused-ring (bicyclic) bond motifs is 1. The molecule has 3 aromatic heterocycles. The van der Waals surface area contributed by atoms with E-state index in [1.807, 2.05) is 13.8 Å². The van der Waals surface area contributed by atoms with Crippen molar-refractivity contribution in [2.75, 3.05) is 7.11 Å². The summed E-state index contributed by atoms with van der Waals surface area (Å²) in [6.45, 7) is 4.59. The van der Waals surface area contributed by atoms with E-state index in [9.17, 15) is 14.4 Å². The first kappa shape index (κ1) is 24.8. The number of hydrogen-bond donors (Lipinski definition) is 2. The molecule has 0 aliphatic rings. The van der Waals surface area contributed by atoms with Crippen molar-refractivity contribution in [2.45, 2.75) is 45.9 Å². The number of nitrogens with zero attached hydrogens (tertiary/aromatic N) is 5. The molecule has 0 fully saturated rings. The molecule has 0 saturated heterocycles. The first-order valence-corrected chi connectivity index (χ1v) is 11.7. The Morgan fingerprint density at radius 3 is 2.39 bits per heavy atom. The quantitative estimate of drug-likeness (QED) is 0.340. The third kappa shape index (κ3) is 4.49. The summed E-state index contributed by atoms with van der Waals surface area (Å²) in [6.07, 6.45) is 0.265. The van der Waals surface area contributed by atoms with Crippen LogP contribution in [0.1, 0.15) is 38.4 Å². The highest BCUT2D eigenvalue weighted by Crippen LogP contribution is 2.27. The third-order valence-corrected chi connectivity index (χ3v) is 5.77. The van der Waals surface area contributed by atoms with Gasteiger partial charge in [-0.15, -0.1) is 5.10 Å². The number of H-pyrrole nitrogens is 1. The number of rotatable bonds is 10. The van der Waals surface area contributed by atoms with Crippen LogP contribution in [0.4, 0.5) is 0 Å². The lowest BCUT2D eigenvalue weighted by molar-refractivity contribution is -0.125. The van der Waals surface area contributed by atoms with E-state index in [4.69, 9.17) is 15.2 Å². The number of amides is 1. The average Bonchev–Trinajstić information content (AvgIpc) is 3.46. The summed E-state index contributed by atoms with van der Waals surface area (Å²) in [7, 11) is 3.22. The number of primary amides is 1. The standard InChI is InChI=1S/C24H29N7O5/c1-5-11-30-22-18(23(33)31(12-6-2)24(30)34)26-21(27-22)16-13-17(28-29(16)3)36-19(20(25)32)14-7-9-15(35-4)10-8-14/h7-10,13,19H,5-6,11-12H2,1-4H3,(H2,25,32)(H,26,27). The number of aromatic amines is 1. The molecule has 0 saturated carbocycles. The summed E-state index contributed by atoms with van der Waals surface area (Å²) in [4.78, 5) is 45.7. The van der Waals surface area contributed by atoms with E-state index in [2.05, 4.69) is 15.1 Å². The van der Waals surface area contributed by atoms with Gasteiger partial charge in [0.05, 0.1) is 7.11 Å². The van der Waals surface area contributed by atoms with Crippen molar-refractivity contribution in [3.8, 4) is 23.1 Å². The fourth-order valence-electron chi connectivity index (χ4n) is 4.04. The minimum absolute atomic E-state index is 0.141. The zero-order valence-electron chi connectivity index (χ0n) is 20.6. The van der Waals surface area contributed by atoms with Crippen LogP contribution in [-0.4, -0.2) is 41.9 Å². The number of benzene rings is 1. The largest absolute Gasteiger partial charge is 0.497 e. The molecule has 1 unspecified atom stereocenters. The van der Waals surface area contributed by atoms with Crippen molar-refractivity contribution >= 4 is 17.1 Å². The van der Waals surface area contributed by atoms with Gasteiger partial charge >= 0.3 is 5.69 Å². The number of carbonyl (C=O) groups excluding carboxylic acids is 1. The van der Waals surface area contributed by atoms with E-state index in [1.54, 1.807) is 44.5 Å². The topological polar surface area (TPSA) is 152 Å². The van der Waals surface area contributed by atoms with Crippen LogP contribution in [-0.2, 0) is 24.9 Å². The van der Waals surface area contributed by atoms with Crippen molar-refractivity contribution in [3.63, 3.8) is 0 Å². The number of aromatic nitrogens is 6. The Balaban J connectivity index is 1.74. The van der Waals surface area contributed by atoms with E-state index in [0.29, 0.717) is 48.8 Å². The van der Waals surface area contributed by atoms with Crippen molar-refractivity contribution in [3.05, 3.63) is 56.7 Å². The summed E-state index contributed by atoms with van der Waals surface area (Å²) in [5.74, 6) is 0.426. The van der Waals surface area contributed by atoms with Crippen LogP contribution in [0.25, 0.3) is 22.7 Å². The van der Waals surface area contributed by atoms with E-state index in [1.165, 1.54) is 13.8 Å². The number of nitrogens with one attached hydrogen (secondary N) is 1. The third-order valence-electron chi connectivity index (χ3n) is 5.77. The van der Waals surface area contributed by atoms with Crippen molar-refractivity contribution in [1.82, 2.24) is 28.9 Å². The van der Waals surface area contributed by atoms with Gasteiger partial charge in [-0.1, -0.05) is 26.0 Å². The molecule has 4 rings (SSSR count). The Morgan fingerprint density at radius 1 is 1.11 bits per heavy atom. The van der Waals surface area contributed by atoms with Gasteiger partial charge < -0.3 is 20.2 Å². The van der Waals surface area contributed by atoms with E-state index < -0.39 is 17.6 Å². The molecule has 0 aliphatic carbocycles. The second kappa shape index (κ2) is 10.1. The molecule has 4 aromatic rings. The number of hydrogen-bond acceptors (Lipinski definition) is 7. The van der Waals surface area contributed by atoms with Crippen LogP contribution in [0, 0.1) is 0 Å². The highest BCUT2D eigenvalue weighted by Gasteiger charge is 2.24. The minimum atomic E-state index is -1.08. The lowest BCUT2D eigenvalue weighted by Crippen LogP contribution is -2.40. The van der Waals surface area contributed by atoms with Gasteiger partial charge in [-0.2, -0.15) is 0 Å².